The largest absolute Gasteiger partial charge is 0.493 e. The van der Waals surface area contributed by atoms with Gasteiger partial charge in [0.2, 0.25) is 0 Å². The maximum absolute atomic E-state index is 13.1. The van der Waals surface area contributed by atoms with Gasteiger partial charge in [-0.2, -0.15) is 5.10 Å². The van der Waals surface area contributed by atoms with Gasteiger partial charge < -0.3 is 9.47 Å². The molecule has 0 aliphatic carbocycles. The monoisotopic (exact) mass is 393 g/mol. The van der Waals surface area contributed by atoms with Crippen molar-refractivity contribution in [1.29, 1.82) is 0 Å². The molecule has 1 aromatic heterocycles. The Morgan fingerprint density at radius 3 is 2.62 bits per heavy atom. The van der Waals surface area contributed by atoms with Crippen molar-refractivity contribution in [3.05, 3.63) is 47.1 Å². The predicted molar refractivity (Wildman–Crippen MR) is 96.9 cm³/mol. The van der Waals surface area contributed by atoms with Gasteiger partial charge in [-0.3, -0.25) is 14.4 Å². The summed E-state index contributed by atoms with van der Waals surface area (Å²) < 4.78 is 12.9. The Balaban J connectivity index is 2.43. The molecule has 1 aromatic carbocycles. The number of aryl methyl sites for hydroxylation is 1. The quantitative estimate of drug-likeness (QED) is 0.676. The van der Waals surface area contributed by atoms with Crippen molar-refractivity contribution in [1.82, 2.24) is 9.78 Å². The highest BCUT2D eigenvalue weighted by Crippen LogP contribution is 2.31. The third-order valence-electron chi connectivity index (χ3n) is 3.55. The highest BCUT2D eigenvalue weighted by atomic mass is 79.9. The Morgan fingerprint density at radius 2 is 2.08 bits per heavy atom. The molecule has 0 aliphatic heterocycles. The molecule has 24 heavy (non-hydrogen) atoms. The van der Waals surface area contributed by atoms with E-state index in [1.165, 1.54) is 0 Å². The van der Waals surface area contributed by atoms with Crippen molar-refractivity contribution in [2.75, 3.05) is 25.7 Å². The number of rotatable bonds is 7. The zero-order valence-electron chi connectivity index (χ0n) is 14.0. The molecule has 0 bridgehead atoms. The van der Waals surface area contributed by atoms with Crippen LogP contribution in [0.5, 0.6) is 11.5 Å². The molecule has 2 aromatic rings. The van der Waals surface area contributed by atoms with Crippen LogP contribution in [-0.2, 0) is 7.05 Å². The van der Waals surface area contributed by atoms with Crippen molar-refractivity contribution in [2.45, 2.75) is 6.42 Å². The van der Waals surface area contributed by atoms with Crippen LogP contribution in [0.4, 0.5) is 5.82 Å². The summed E-state index contributed by atoms with van der Waals surface area (Å²) in [4.78, 5) is 14.7. The number of aromatic nitrogens is 2. The molecule has 0 unspecified atom stereocenters. The predicted octanol–water partition coefficient (Wildman–Crippen LogP) is 3.42. The summed E-state index contributed by atoms with van der Waals surface area (Å²) in [6.45, 7) is 4.23. The zero-order valence-corrected chi connectivity index (χ0v) is 15.5. The molecule has 0 aliphatic rings. The standard InChI is InChI=1S/C17H20BrN3O3/c1-5-6-9-21(16-13(18)11-19-20(16)2)17(22)12-7-8-14(23-3)15(10-12)24-4/h5,7-8,10-11H,1,6,9H2,2-4H3. The van der Waals surface area contributed by atoms with Crippen molar-refractivity contribution >= 4 is 27.7 Å². The Morgan fingerprint density at radius 1 is 1.38 bits per heavy atom. The molecular weight excluding hydrogens is 374 g/mol. The fourth-order valence-corrected chi connectivity index (χ4v) is 2.92. The van der Waals surface area contributed by atoms with E-state index in [0.717, 1.165) is 4.47 Å². The minimum atomic E-state index is -0.151. The lowest BCUT2D eigenvalue weighted by molar-refractivity contribution is 0.0985. The van der Waals surface area contributed by atoms with Crippen LogP contribution in [-0.4, -0.2) is 36.5 Å². The van der Waals surface area contributed by atoms with Crippen LogP contribution in [0.2, 0.25) is 0 Å². The van der Waals surface area contributed by atoms with Crippen LogP contribution < -0.4 is 14.4 Å². The van der Waals surface area contributed by atoms with Crippen LogP contribution in [0.15, 0.2) is 41.5 Å². The van der Waals surface area contributed by atoms with E-state index in [2.05, 4.69) is 27.6 Å². The first kappa shape index (κ1) is 18.1. The van der Waals surface area contributed by atoms with E-state index in [-0.39, 0.29) is 5.91 Å². The summed E-state index contributed by atoms with van der Waals surface area (Å²) in [5, 5.41) is 4.19. The number of halogens is 1. The molecular formula is C17H20BrN3O3. The molecule has 0 saturated heterocycles. The van der Waals surface area contributed by atoms with Gasteiger partial charge in [0.25, 0.3) is 5.91 Å². The van der Waals surface area contributed by atoms with E-state index in [9.17, 15) is 4.79 Å². The maximum atomic E-state index is 13.1. The van der Waals surface area contributed by atoms with Gasteiger partial charge in [-0.15, -0.1) is 6.58 Å². The fraction of sp³-hybridized carbons (Fsp3) is 0.294. The first-order chi connectivity index (χ1) is 11.5. The van der Waals surface area contributed by atoms with Gasteiger partial charge in [0.1, 0.15) is 5.82 Å². The van der Waals surface area contributed by atoms with Crippen molar-refractivity contribution < 1.29 is 14.3 Å². The van der Waals surface area contributed by atoms with Gasteiger partial charge in [0.05, 0.1) is 24.9 Å². The number of carbonyl (C=O) groups excluding carboxylic acids is 1. The van der Waals surface area contributed by atoms with E-state index in [1.807, 2.05) is 0 Å². The van der Waals surface area contributed by atoms with E-state index < -0.39 is 0 Å². The molecule has 0 saturated carbocycles. The lowest BCUT2D eigenvalue weighted by Gasteiger charge is -2.23. The average molecular weight is 394 g/mol. The molecule has 0 atom stereocenters. The summed E-state index contributed by atoms with van der Waals surface area (Å²) in [6.07, 6.45) is 4.11. The third kappa shape index (κ3) is 3.62. The smallest absolute Gasteiger partial charge is 0.259 e. The molecule has 7 heteroatoms. The fourth-order valence-electron chi connectivity index (χ4n) is 2.36. The summed E-state index contributed by atoms with van der Waals surface area (Å²) in [5.41, 5.74) is 0.504. The van der Waals surface area contributed by atoms with Crippen molar-refractivity contribution in [3.8, 4) is 11.5 Å². The van der Waals surface area contributed by atoms with Crippen LogP contribution >= 0.6 is 15.9 Å². The van der Waals surface area contributed by atoms with E-state index in [1.54, 1.807) is 61.3 Å². The number of hydrogen-bond acceptors (Lipinski definition) is 4. The van der Waals surface area contributed by atoms with Gasteiger partial charge in [0.15, 0.2) is 11.5 Å². The lowest BCUT2D eigenvalue weighted by Crippen LogP contribution is -2.33. The number of carbonyl (C=O) groups is 1. The average Bonchev–Trinajstić information content (AvgIpc) is 2.93. The summed E-state index contributed by atoms with van der Waals surface area (Å²) >= 11 is 3.45. The minimum Gasteiger partial charge on any atom is -0.493 e. The first-order valence-corrected chi connectivity index (χ1v) is 8.15. The molecule has 0 radical (unpaired) electrons. The third-order valence-corrected chi connectivity index (χ3v) is 4.11. The highest BCUT2D eigenvalue weighted by Gasteiger charge is 2.23. The summed E-state index contributed by atoms with van der Waals surface area (Å²) in [7, 11) is 4.89. The lowest BCUT2D eigenvalue weighted by atomic mass is 10.1. The van der Waals surface area contributed by atoms with Crippen molar-refractivity contribution in [2.24, 2.45) is 7.05 Å². The molecule has 2 rings (SSSR count). The first-order valence-electron chi connectivity index (χ1n) is 7.35. The second-order valence-corrected chi connectivity index (χ2v) is 5.90. The van der Waals surface area contributed by atoms with Crippen LogP contribution in [0.1, 0.15) is 16.8 Å². The zero-order chi connectivity index (χ0) is 17.7. The SMILES string of the molecule is C=CCCN(C(=O)c1ccc(OC)c(OC)c1)c1c(Br)cnn1C. The maximum Gasteiger partial charge on any atom is 0.259 e. The molecule has 1 heterocycles. The van der Waals surface area contributed by atoms with E-state index >= 15 is 0 Å². The van der Waals surface area contributed by atoms with Gasteiger partial charge in [-0.1, -0.05) is 6.08 Å². The number of nitrogens with zero attached hydrogens (tertiary/aromatic N) is 3. The van der Waals surface area contributed by atoms with Gasteiger partial charge in [-0.25, -0.2) is 0 Å². The van der Waals surface area contributed by atoms with Gasteiger partial charge in [-0.05, 0) is 40.5 Å². The minimum absolute atomic E-state index is 0.151. The Labute approximate surface area is 149 Å². The number of benzene rings is 1. The normalized spacial score (nSPS) is 10.3. The number of anilines is 1. The number of amides is 1. The Kier molecular flexibility index (Phi) is 6.03. The van der Waals surface area contributed by atoms with Gasteiger partial charge >= 0.3 is 0 Å². The molecule has 0 N–H and O–H groups in total. The van der Waals surface area contributed by atoms with Crippen molar-refractivity contribution in [3.63, 3.8) is 0 Å². The summed E-state index contributed by atoms with van der Waals surface area (Å²) in [5.74, 6) is 1.63. The molecule has 6 nitrogen and oxygen atoms in total. The van der Waals surface area contributed by atoms with E-state index in [0.29, 0.717) is 35.8 Å². The second kappa shape index (κ2) is 8.01. The molecule has 128 valence electrons. The number of ether oxygens (including phenoxy) is 2. The molecule has 0 spiro atoms. The van der Waals surface area contributed by atoms with Crippen LogP contribution in [0, 0.1) is 0 Å². The highest BCUT2D eigenvalue weighted by molar-refractivity contribution is 9.10. The van der Waals surface area contributed by atoms with E-state index in [4.69, 9.17) is 9.47 Å². The van der Waals surface area contributed by atoms with Gasteiger partial charge in [0, 0.05) is 19.2 Å². The topological polar surface area (TPSA) is 56.6 Å². The molecule has 1 amide bonds. The van der Waals surface area contributed by atoms with Crippen LogP contribution in [0.3, 0.4) is 0 Å². The molecule has 0 fully saturated rings. The summed E-state index contributed by atoms with van der Waals surface area (Å²) in [6, 6.07) is 5.11. The number of methoxy groups -OCH3 is 2. The second-order valence-electron chi connectivity index (χ2n) is 5.04. The Hall–Kier alpha value is -2.28. The van der Waals surface area contributed by atoms with Crippen LogP contribution in [0.25, 0.3) is 0 Å². The Bertz CT molecular complexity index is 723. The number of hydrogen-bond donors (Lipinski definition) is 0.